The minimum atomic E-state index is -1.39. The normalized spacial score (nSPS) is 31.5. The first kappa shape index (κ1) is 32.2. The van der Waals surface area contributed by atoms with E-state index in [9.17, 15) is 25.5 Å². The smallest absolute Gasteiger partial charge is 0.212 e. The Bertz CT molecular complexity index is 1590. The maximum absolute atomic E-state index is 11.5. The quantitative estimate of drug-likeness (QED) is 0.152. The summed E-state index contributed by atoms with van der Waals surface area (Å²) in [5.41, 5.74) is 0.0550. The molecule has 246 valence electrons. The second-order valence-corrected chi connectivity index (χ2v) is 12.1. The molecule has 6 heterocycles. The van der Waals surface area contributed by atoms with Crippen molar-refractivity contribution in [3.05, 3.63) is 49.1 Å². The Morgan fingerprint density at radius 3 is 1.70 bits per heavy atom. The monoisotopic (exact) mass is 658 g/mol. The molecule has 5 unspecified atom stereocenters. The zero-order chi connectivity index (χ0) is 32.5. The molecule has 2 aliphatic heterocycles. The molecule has 2 fully saturated rings. The number of hydrogen-bond donors (Lipinski definition) is 5. The van der Waals surface area contributed by atoms with Crippen LogP contribution in [-0.4, -0.2) is 134 Å². The van der Waals surface area contributed by atoms with Gasteiger partial charge >= 0.3 is 0 Å². The fourth-order valence-electron chi connectivity index (χ4n) is 5.48. The molecule has 0 saturated carbocycles. The number of aliphatic hydroxyl groups is 5. The fourth-order valence-corrected chi connectivity index (χ4v) is 6.83. The van der Waals surface area contributed by atoms with Gasteiger partial charge in [0.05, 0.1) is 39.3 Å². The van der Waals surface area contributed by atoms with Gasteiger partial charge in [-0.2, -0.15) is 0 Å². The highest BCUT2D eigenvalue weighted by Crippen LogP contribution is 2.42. The Balaban J connectivity index is 1.21. The summed E-state index contributed by atoms with van der Waals surface area (Å²) < 4.78 is 24.7. The van der Waals surface area contributed by atoms with Crippen LogP contribution >= 0.6 is 11.8 Å². The van der Waals surface area contributed by atoms with Crippen molar-refractivity contribution in [2.45, 2.75) is 66.5 Å². The molecule has 5 N–H and O–H groups in total. The summed E-state index contributed by atoms with van der Waals surface area (Å²) in [6.07, 6.45) is -0.840. The SMILES string of the molecule is COc1ccc(-c2cn(C3C(O)[C@H](S[C@@H]4O[C@H](C)C(O)C(n5cc(-c6ccc(OC)nc6)nn5)[C@H]4O)OC(CO)[C@@H]3O)nn2)cn1. The van der Waals surface area contributed by atoms with Gasteiger partial charge in [0, 0.05) is 35.7 Å². The number of pyridine rings is 2. The van der Waals surface area contributed by atoms with Crippen molar-refractivity contribution < 1.29 is 44.5 Å². The lowest BCUT2D eigenvalue weighted by Gasteiger charge is -2.45. The van der Waals surface area contributed by atoms with Gasteiger partial charge in [-0.15, -0.1) is 10.2 Å². The van der Waals surface area contributed by atoms with Gasteiger partial charge in [0.15, 0.2) is 0 Å². The number of rotatable bonds is 9. The van der Waals surface area contributed by atoms with Crippen LogP contribution in [0.3, 0.4) is 0 Å². The van der Waals surface area contributed by atoms with Crippen molar-refractivity contribution in [1.29, 1.82) is 0 Å². The average molecular weight is 659 g/mol. The molecule has 10 atom stereocenters. The summed E-state index contributed by atoms with van der Waals surface area (Å²) in [7, 11) is 3.02. The molecule has 0 aliphatic carbocycles. The lowest BCUT2D eigenvalue weighted by atomic mass is 9.97. The number of aliphatic hydroxyl groups excluding tert-OH is 5. The highest BCUT2D eigenvalue weighted by atomic mass is 32.2. The van der Waals surface area contributed by atoms with E-state index in [0.717, 1.165) is 11.8 Å². The van der Waals surface area contributed by atoms with Crippen LogP contribution in [0.5, 0.6) is 11.8 Å². The molecule has 6 rings (SSSR count). The fraction of sp³-hybridized carbons (Fsp3) is 0.500. The molecule has 18 heteroatoms. The molecule has 4 aromatic rings. The number of ether oxygens (including phenoxy) is 4. The summed E-state index contributed by atoms with van der Waals surface area (Å²) in [6, 6.07) is 4.79. The van der Waals surface area contributed by atoms with E-state index in [1.54, 1.807) is 56.0 Å². The molecule has 4 aromatic heterocycles. The van der Waals surface area contributed by atoms with Crippen molar-refractivity contribution in [2.75, 3.05) is 20.8 Å². The molecular formula is C28H34N8O9S. The third-order valence-corrected chi connectivity index (χ3v) is 9.36. The standard InChI is InChI=1S/C28H34N8O9S/c1-13-23(38)21(35-10-16(31-33-35)14-4-6-19(42-2)29-8-14)25(40)27(44-13)46-28-26(41)22(24(39)18(12-37)45-28)36-11-17(32-34-36)15-5-7-20(43-3)30-9-15/h4-11,13,18,21-28,37-41H,12H2,1-3H3/t13-,18?,21?,22?,23?,24+,25-,26?,27+,28+/m1/s1. The first-order valence-corrected chi connectivity index (χ1v) is 15.3. The zero-order valence-electron chi connectivity index (χ0n) is 25.0. The molecule has 0 aromatic carbocycles. The van der Waals surface area contributed by atoms with Gasteiger partial charge in [0.2, 0.25) is 11.8 Å². The Labute approximate surface area is 266 Å². The topological polar surface area (TPSA) is 225 Å². The second-order valence-electron chi connectivity index (χ2n) is 10.9. The molecule has 0 spiro atoms. The van der Waals surface area contributed by atoms with E-state index in [-0.39, 0.29) is 0 Å². The van der Waals surface area contributed by atoms with Crippen LogP contribution in [0.4, 0.5) is 0 Å². The lowest BCUT2D eigenvalue weighted by Crippen LogP contribution is -2.57. The first-order chi connectivity index (χ1) is 22.2. The van der Waals surface area contributed by atoms with Crippen molar-refractivity contribution >= 4 is 11.8 Å². The van der Waals surface area contributed by atoms with Crippen LogP contribution in [0.1, 0.15) is 19.0 Å². The van der Waals surface area contributed by atoms with E-state index in [2.05, 4.69) is 30.6 Å². The van der Waals surface area contributed by atoms with Gasteiger partial charge in [-0.25, -0.2) is 19.3 Å². The Hall–Kier alpha value is -3.75. The minimum Gasteiger partial charge on any atom is -0.481 e. The van der Waals surface area contributed by atoms with Gasteiger partial charge in [0.25, 0.3) is 0 Å². The third-order valence-electron chi connectivity index (χ3n) is 8.04. The molecule has 0 amide bonds. The van der Waals surface area contributed by atoms with Crippen LogP contribution in [0.15, 0.2) is 49.1 Å². The van der Waals surface area contributed by atoms with Crippen molar-refractivity contribution in [3.8, 4) is 34.3 Å². The van der Waals surface area contributed by atoms with E-state index >= 15 is 0 Å². The molecule has 2 saturated heterocycles. The van der Waals surface area contributed by atoms with Crippen LogP contribution in [0.25, 0.3) is 22.5 Å². The molecule has 17 nitrogen and oxygen atoms in total. The van der Waals surface area contributed by atoms with E-state index in [0.29, 0.717) is 34.3 Å². The number of thioether (sulfide) groups is 1. The highest BCUT2D eigenvalue weighted by Gasteiger charge is 2.51. The summed E-state index contributed by atoms with van der Waals surface area (Å²) in [5.74, 6) is 0.858. The summed E-state index contributed by atoms with van der Waals surface area (Å²) in [5, 5.41) is 71.7. The molecule has 0 bridgehead atoms. The Kier molecular flexibility index (Phi) is 9.48. The zero-order valence-corrected chi connectivity index (χ0v) is 25.8. The Morgan fingerprint density at radius 1 is 0.739 bits per heavy atom. The van der Waals surface area contributed by atoms with Crippen LogP contribution in [-0.2, 0) is 9.47 Å². The van der Waals surface area contributed by atoms with Crippen LogP contribution < -0.4 is 9.47 Å². The highest BCUT2D eigenvalue weighted by molar-refractivity contribution is 8.00. The summed E-state index contributed by atoms with van der Waals surface area (Å²) in [4.78, 5) is 8.35. The van der Waals surface area contributed by atoms with Gasteiger partial charge in [-0.05, 0) is 19.1 Å². The maximum Gasteiger partial charge on any atom is 0.212 e. The predicted molar refractivity (Wildman–Crippen MR) is 159 cm³/mol. The van der Waals surface area contributed by atoms with Gasteiger partial charge < -0.3 is 44.5 Å². The van der Waals surface area contributed by atoms with Gasteiger partial charge in [-0.1, -0.05) is 22.2 Å². The van der Waals surface area contributed by atoms with Crippen LogP contribution in [0, 0.1) is 0 Å². The third kappa shape index (κ3) is 6.17. The molecular weight excluding hydrogens is 624 g/mol. The van der Waals surface area contributed by atoms with E-state index in [1.165, 1.54) is 23.6 Å². The van der Waals surface area contributed by atoms with Gasteiger partial charge in [0.1, 0.15) is 64.9 Å². The van der Waals surface area contributed by atoms with Crippen molar-refractivity contribution in [1.82, 2.24) is 40.0 Å². The summed E-state index contributed by atoms with van der Waals surface area (Å²) >= 11 is 0.947. The number of nitrogens with zero attached hydrogens (tertiary/aromatic N) is 8. The lowest BCUT2D eigenvalue weighted by molar-refractivity contribution is -0.183. The van der Waals surface area contributed by atoms with Crippen LogP contribution in [0.2, 0.25) is 0 Å². The largest absolute Gasteiger partial charge is 0.481 e. The average Bonchev–Trinajstić information content (AvgIpc) is 3.76. The van der Waals surface area contributed by atoms with Crippen molar-refractivity contribution in [2.24, 2.45) is 0 Å². The number of aromatic nitrogens is 8. The second kappa shape index (κ2) is 13.5. The molecule has 46 heavy (non-hydrogen) atoms. The minimum absolute atomic E-state index is 0.423. The maximum atomic E-state index is 11.5. The Morgan fingerprint density at radius 2 is 1.24 bits per heavy atom. The van der Waals surface area contributed by atoms with E-state index < -0.39 is 66.2 Å². The molecule has 2 aliphatic rings. The predicted octanol–water partition coefficient (Wildman–Crippen LogP) is -0.568. The molecule has 0 radical (unpaired) electrons. The van der Waals surface area contributed by atoms with Crippen molar-refractivity contribution in [3.63, 3.8) is 0 Å². The van der Waals surface area contributed by atoms with E-state index in [1.807, 2.05) is 0 Å². The van der Waals surface area contributed by atoms with E-state index in [4.69, 9.17) is 18.9 Å². The summed E-state index contributed by atoms with van der Waals surface area (Å²) in [6.45, 7) is 1.09. The number of hydrogen-bond acceptors (Lipinski definition) is 16. The first-order valence-electron chi connectivity index (χ1n) is 14.4. The number of methoxy groups -OCH3 is 2. The van der Waals surface area contributed by atoms with Gasteiger partial charge in [-0.3, -0.25) is 0 Å².